The first kappa shape index (κ1) is 27.9. The quantitative estimate of drug-likeness (QED) is 0.253. The average molecular weight is 421 g/mol. The molecule has 0 aliphatic heterocycles. The van der Waals surface area contributed by atoms with Crippen molar-refractivity contribution >= 4 is 10.1 Å². The summed E-state index contributed by atoms with van der Waals surface area (Å²) in [4.78, 5) is -0.128. The van der Waals surface area contributed by atoms with Crippen LogP contribution in [0.4, 0.5) is 0 Å². The Kier molecular flexibility index (Phi) is 16.7. The maximum Gasteiger partial charge on any atom is 1.00 e. The van der Waals surface area contributed by atoms with Gasteiger partial charge in [-0.2, -0.15) is 8.42 Å². The van der Waals surface area contributed by atoms with E-state index in [0.29, 0.717) is 12.0 Å². The molecule has 28 heavy (non-hydrogen) atoms. The van der Waals surface area contributed by atoms with E-state index in [1.54, 1.807) is 0 Å². The normalized spacial score (nSPS) is 11.4. The van der Waals surface area contributed by atoms with Gasteiger partial charge in [-0.25, -0.2) is 0 Å². The topological polar surface area (TPSA) is 77.4 Å². The molecular weight excluding hydrogens is 383 g/mol. The molecule has 0 saturated carbocycles. The largest absolute Gasteiger partial charge is 1.00 e. The molecule has 0 bridgehead atoms. The van der Waals surface area contributed by atoms with Crippen molar-refractivity contribution in [1.82, 2.24) is 0 Å². The van der Waals surface area contributed by atoms with Crippen molar-refractivity contribution in [2.24, 2.45) is 0 Å². The van der Waals surface area contributed by atoms with Crippen molar-refractivity contribution in [2.45, 2.75) is 108 Å². The summed E-state index contributed by atoms with van der Waals surface area (Å²) in [7, 11) is -4.26. The first-order valence-electron chi connectivity index (χ1n) is 10.7. The van der Waals surface area contributed by atoms with Crippen LogP contribution >= 0.6 is 0 Å². The zero-order valence-electron chi connectivity index (χ0n) is 17.9. The van der Waals surface area contributed by atoms with Crippen LogP contribution in [0.3, 0.4) is 0 Å². The molecule has 6 heteroatoms. The maximum absolute atomic E-state index is 11.4. The number of rotatable bonds is 16. The van der Waals surface area contributed by atoms with Crippen LogP contribution in [-0.2, 0) is 16.5 Å². The van der Waals surface area contributed by atoms with E-state index in [9.17, 15) is 18.1 Å². The van der Waals surface area contributed by atoms with Crippen molar-refractivity contribution in [1.29, 1.82) is 0 Å². The van der Waals surface area contributed by atoms with Crippen molar-refractivity contribution in [3.05, 3.63) is 23.8 Å². The van der Waals surface area contributed by atoms with Crippen molar-refractivity contribution in [2.75, 3.05) is 0 Å². The van der Waals surface area contributed by atoms with Gasteiger partial charge >= 0.3 is 29.6 Å². The fourth-order valence-electron chi connectivity index (χ4n) is 3.51. The summed E-state index contributed by atoms with van der Waals surface area (Å²) in [5, 5.41) is 11.4. The molecule has 0 aliphatic carbocycles. The van der Waals surface area contributed by atoms with Gasteiger partial charge in [0, 0.05) is 0 Å². The third kappa shape index (κ3) is 13.2. The van der Waals surface area contributed by atoms with E-state index in [1.165, 1.54) is 88.8 Å². The number of hydrogen-bond acceptors (Lipinski definition) is 3. The number of hydrogen-bond donors (Lipinski definition) is 1. The van der Waals surface area contributed by atoms with Crippen LogP contribution in [0.1, 0.15) is 102 Å². The average Bonchev–Trinajstić information content (AvgIpc) is 2.61. The fraction of sp³-hybridized carbons (Fsp3) is 0.727. The Morgan fingerprint density at radius 3 is 1.64 bits per heavy atom. The van der Waals surface area contributed by atoms with Gasteiger partial charge in [-0.05, 0) is 24.5 Å². The molecule has 0 spiro atoms. The Hall–Kier alpha value is -0.0700. The summed E-state index contributed by atoms with van der Waals surface area (Å²) in [5.41, 5.74) is 0.434. The second-order valence-corrected chi connectivity index (χ2v) is 8.98. The van der Waals surface area contributed by atoms with E-state index in [1.807, 2.05) is 0 Å². The molecule has 0 saturated heterocycles. The van der Waals surface area contributed by atoms with Gasteiger partial charge in [0.15, 0.2) is 0 Å². The first-order chi connectivity index (χ1) is 12.9. The second kappa shape index (κ2) is 16.7. The number of unbranched alkanes of at least 4 members (excludes halogenated alkanes) is 13. The monoisotopic (exact) mass is 420 g/mol. The van der Waals surface area contributed by atoms with Crippen LogP contribution in [0.2, 0.25) is 0 Å². The second-order valence-electron chi connectivity index (χ2n) is 7.59. The van der Waals surface area contributed by atoms with Gasteiger partial charge < -0.3 is 5.11 Å². The van der Waals surface area contributed by atoms with Crippen LogP contribution in [-0.4, -0.2) is 13.0 Å². The zero-order chi connectivity index (χ0) is 20.0. The molecule has 0 aliphatic rings. The van der Waals surface area contributed by atoms with Crippen molar-refractivity contribution in [3.8, 4) is 5.75 Å². The Morgan fingerprint density at radius 1 is 0.786 bits per heavy atom. The summed E-state index contributed by atoms with van der Waals surface area (Å²) in [6.07, 6.45) is 18.2. The Labute approximate surface area is 194 Å². The standard InChI is InChI=1S/C22H38O4S.Na/c1-2-3-4-5-6-7-8-9-10-11-12-13-14-15-16-20-19-21(23)17-18-22(20)27(24,25)26;/h17-19,23H,2-16H2,1H3,(H,24,25,26);/q;+1/p-1. The third-order valence-corrected chi connectivity index (χ3v) is 6.06. The molecule has 1 rings (SSSR count). The van der Waals surface area contributed by atoms with Gasteiger partial charge in [0.05, 0.1) is 4.90 Å². The smallest absolute Gasteiger partial charge is 0.872 e. The van der Waals surface area contributed by atoms with E-state index in [4.69, 9.17) is 0 Å². The zero-order valence-corrected chi connectivity index (χ0v) is 20.7. The number of benzene rings is 1. The SMILES string of the molecule is CCCCCCCCCCCCCCCCc1cc([O-])ccc1S(=O)(=O)O.[Na+]. The van der Waals surface area contributed by atoms with Gasteiger partial charge in [-0.15, -0.1) is 5.75 Å². The molecule has 1 aromatic rings. The minimum atomic E-state index is -4.26. The van der Waals surface area contributed by atoms with E-state index in [-0.39, 0.29) is 40.2 Å². The summed E-state index contributed by atoms with van der Waals surface area (Å²) in [6, 6.07) is 3.71. The molecule has 0 amide bonds. The van der Waals surface area contributed by atoms with Crippen LogP contribution in [0.25, 0.3) is 0 Å². The molecule has 0 radical (unpaired) electrons. The molecule has 0 aromatic heterocycles. The van der Waals surface area contributed by atoms with E-state index >= 15 is 0 Å². The minimum absolute atomic E-state index is 0. The maximum atomic E-state index is 11.4. The molecule has 1 N–H and O–H groups in total. The van der Waals surface area contributed by atoms with Crippen LogP contribution in [0, 0.1) is 0 Å². The van der Waals surface area contributed by atoms with Crippen LogP contribution in [0.5, 0.6) is 5.75 Å². The van der Waals surface area contributed by atoms with Crippen molar-refractivity contribution < 1.29 is 47.6 Å². The Morgan fingerprint density at radius 2 is 1.21 bits per heavy atom. The minimum Gasteiger partial charge on any atom is -0.872 e. The summed E-state index contributed by atoms with van der Waals surface area (Å²) in [6.45, 7) is 2.25. The summed E-state index contributed by atoms with van der Waals surface area (Å²) < 4.78 is 32.0. The predicted octanol–water partition coefficient (Wildman–Crippen LogP) is 3.03. The molecule has 156 valence electrons. The summed E-state index contributed by atoms with van der Waals surface area (Å²) >= 11 is 0. The molecule has 0 fully saturated rings. The summed E-state index contributed by atoms with van der Waals surface area (Å²) in [5.74, 6) is -0.220. The van der Waals surface area contributed by atoms with Gasteiger partial charge in [0.1, 0.15) is 0 Å². The molecule has 0 atom stereocenters. The third-order valence-electron chi connectivity index (χ3n) is 5.11. The first-order valence-corrected chi connectivity index (χ1v) is 12.2. The van der Waals surface area contributed by atoms with E-state index in [2.05, 4.69) is 6.92 Å². The molecule has 1 aromatic carbocycles. The molecule has 0 unspecified atom stereocenters. The van der Waals surface area contributed by atoms with Gasteiger partial charge in [0.2, 0.25) is 0 Å². The van der Waals surface area contributed by atoms with Crippen LogP contribution < -0.4 is 34.7 Å². The van der Waals surface area contributed by atoms with Crippen LogP contribution in [0.15, 0.2) is 23.1 Å². The van der Waals surface area contributed by atoms with Crippen molar-refractivity contribution in [3.63, 3.8) is 0 Å². The van der Waals surface area contributed by atoms with Gasteiger partial charge in [0.25, 0.3) is 10.1 Å². The Balaban J connectivity index is 0.00000729. The van der Waals surface area contributed by atoms with Gasteiger partial charge in [-0.1, -0.05) is 103 Å². The van der Waals surface area contributed by atoms with E-state index in [0.717, 1.165) is 19.3 Å². The van der Waals surface area contributed by atoms with E-state index < -0.39 is 10.1 Å². The fourth-order valence-corrected chi connectivity index (χ4v) is 4.25. The number of aryl methyl sites for hydroxylation is 1. The predicted molar refractivity (Wildman–Crippen MR) is 110 cm³/mol. The van der Waals surface area contributed by atoms with Gasteiger partial charge in [-0.3, -0.25) is 4.55 Å². The molecule has 4 nitrogen and oxygen atoms in total. The molecular formula is C22H37NaO4S. The molecule has 0 heterocycles. The Bertz CT molecular complexity index is 617.